The standard InChI is InChI=1S/C27H26N4O6S/c1-15(2)36-19-6-3-17(4-7-19)25(33)31-11-9-16(10-12-31)24-29-22(14-38-24)23(32)28-18-5-8-21-20(13-18)26(34)37-27(35)30-21/h3-8,13-16H,9-12H2,1-2H3,(H,28,32)(H,30,35). The average Bonchev–Trinajstić information content (AvgIpc) is 3.39. The predicted molar refractivity (Wildman–Crippen MR) is 143 cm³/mol. The third-order valence-corrected chi connectivity index (χ3v) is 7.29. The number of anilines is 1. The van der Waals surface area contributed by atoms with E-state index >= 15 is 0 Å². The second-order valence-electron chi connectivity index (χ2n) is 9.34. The van der Waals surface area contributed by atoms with Gasteiger partial charge in [-0.3, -0.25) is 14.6 Å². The van der Waals surface area contributed by atoms with E-state index in [2.05, 4.69) is 19.7 Å². The van der Waals surface area contributed by atoms with Gasteiger partial charge in [0.25, 0.3) is 11.8 Å². The smallest absolute Gasteiger partial charge is 0.419 e. The van der Waals surface area contributed by atoms with Crippen LogP contribution in [-0.4, -0.2) is 45.9 Å². The number of aromatic amines is 1. The van der Waals surface area contributed by atoms with Crippen LogP contribution in [0.25, 0.3) is 10.9 Å². The number of H-pyrrole nitrogens is 1. The van der Waals surface area contributed by atoms with Crippen LogP contribution in [0, 0.1) is 0 Å². The number of likely N-dealkylation sites (tertiary alicyclic amines) is 1. The summed E-state index contributed by atoms with van der Waals surface area (Å²) in [5.41, 5.74) is 0.832. The van der Waals surface area contributed by atoms with E-state index in [4.69, 9.17) is 4.74 Å². The average molecular weight is 535 g/mol. The Balaban J connectivity index is 1.19. The lowest BCUT2D eigenvalue weighted by atomic mass is 9.97. The highest BCUT2D eigenvalue weighted by Gasteiger charge is 2.27. The molecular weight excluding hydrogens is 508 g/mol. The lowest BCUT2D eigenvalue weighted by Crippen LogP contribution is -2.37. The molecule has 4 aromatic rings. The van der Waals surface area contributed by atoms with Gasteiger partial charge in [-0.25, -0.2) is 14.6 Å². The van der Waals surface area contributed by atoms with E-state index in [9.17, 15) is 19.2 Å². The molecule has 5 rings (SSSR count). The van der Waals surface area contributed by atoms with E-state index in [1.807, 2.05) is 30.9 Å². The molecule has 3 heterocycles. The molecule has 11 heteroatoms. The van der Waals surface area contributed by atoms with Gasteiger partial charge in [0, 0.05) is 35.6 Å². The van der Waals surface area contributed by atoms with Crippen LogP contribution in [0.15, 0.2) is 61.9 Å². The van der Waals surface area contributed by atoms with E-state index in [1.54, 1.807) is 23.6 Å². The van der Waals surface area contributed by atoms with Gasteiger partial charge >= 0.3 is 11.4 Å². The number of hydrogen-bond donors (Lipinski definition) is 2. The summed E-state index contributed by atoms with van der Waals surface area (Å²) < 4.78 is 10.2. The molecule has 2 aromatic carbocycles. The van der Waals surface area contributed by atoms with Crippen molar-refractivity contribution in [2.45, 2.75) is 38.7 Å². The molecule has 2 N–H and O–H groups in total. The normalized spacial score (nSPS) is 14.1. The summed E-state index contributed by atoms with van der Waals surface area (Å²) in [6, 6.07) is 11.8. The Hall–Kier alpha value is -4.25. The first-order chi connectivity index (χ1) is 18.3. The van der Waals surface area contributed by atoms with Gasteiger partial charge in [0.1, 0.15) is 11.4 Å². The summed E-state index contributed by atoms with van der Waals surface area (Å²) in [4.78, 5) is 57.8. The van der Waals surface area contributed by atoms with Crippen molar-refractivity contribution in [3.63, 3.8) is 0 Å². The van der Waals surface area contributed by atoms with Crippen molar-refractivity contribution in [3.8, 4) is 5.75 Å². The monoisotopic (exact) mass is 534 g/mol. The molecule has 1 aliphatic rings. The molecular formula is C27H26N4O6S. The molecule has 38 heavy (non-hydrogen) atoms. The number of nitrogens with zero attached hydrogens (tertiary/aromatic N) is 2. The van der Waals surface area contributed by atoms with Crippen molar-refractivity contribution >= 4 is 39.7 Å². The number of hydrogen-bond acceptors (Lipinski definition) is 8. The fourth-order valence-corrected chi connectivity index (χ4v) is 5.38. The number of rotatable bonds is 6. The molecule has 0 unspecified atom stereocenters. The maximum Gasteiger partial charge on any atom is 0.419 e. The summed E-state index contributed by atoms with van der Waals surface area (Å²) in [5.74, 6) is -0.350. The topological polar surface area (TPSA) is 135 Å². The minimum atomic E-state index is -0.838. The highest BCUT2D eigenvalue weighted by Crippen LogP contribution is 2.31. The van der Waals surface area contributed by atoms with E-state index in [1.165, 1.54) is 23.5 Å². The molecule has 1 fully saturated rings. The van der Waals surface area contributed by atoms with Crippen LogP contribution in [0.2, 0.25) is 0 Å². The van der Waals surface area contributed by atoms with Crippen LogP contribution in [0.1, 0.15) is 58.5 Å². The summed E-state index contributed by atoms with van der Waals surface area (Å²) in [6.07, 6.45) is 1.59. The van der Waals surface area contributed by atoms with Gasteiger partial charge in [-0.15, -0.1) is 11.3 Å². The maximum absolute atomic E-state index is 12.9. The molecule has 10 nitrogen and oxygen atoms in total. The number of carbonyl (C=O) groups is 2. The van der Waals surface area contributed by atoms with Crippen LogP contribution in [-0.2, 0) is 0 Å². The van der Waals surface area contributed by atoms with Crippen molar-refractivity contribution in [1.82, 2.24) is 14.9 Å². The second-order valence-corrected chi connectivity index (χ2v) is 10.2. The number of nitrogens with one attached hydrogen (secondary N) is 2. The summed E-state index contributed by atoms with van der Waals surface area (Å²) in [6.45, 7) is 5.13. The van der Waals surface area contributed by atoms with Gasteiger partial charge in [0.05, 0.1) is 22.0 Å². The second kappa shape index (κ2) is 10.6. The minimum absolute atomic E-state index is 0.00718. The van der Waals surface area contributed by atoms with Crippen LogP contribution >= 0.6 is 11.3 Å². The van der Waals surface area contributed by atoms with Gasteiger partial charge in [-0.05, 0) is 69.2 Å². The quantitative estimate of drug-likeness (QED) is 0.382. The minimum Gasteiger partial charge on any atom is -0.491 e. The lowest BCUT2D eigenvalue weighted by Gasteiger charge is -2.31. The first-order valence-corrected chi connectivity index (χ1v) is 13.1. The SMILES string of the molecule is CC(C)Oc1ccc(C(=O)N2CCC(c3nc(C(=O)Nc4ccc5[nH]c(=O)oc(=O)c5c4)cs3)CC2)cc1. The highest BCUT2D eigenvalue weighted by atomic mass is 32.1. The van der Waals surface area contributed by atoms with Crippen molar-refractivity contribution in [2.75, 3.05) is 18.4 Å². The van der Waals surface area contributed by atoms with Gasteiger partial charge in [0.2, 0.25) is 0 Å². The number of fused-ring (bicyclic) bond motifs is 1. The summed E-state index contributed by atoms with van der Waals surface area (Å²) in [5, 5.41) is 5.45. The number of ether oxygens (including phenoxy) is 1. The first-order valence-electron chi connectivity index (χ1n) is 12.3. The Morgan fingerprint density at radius 1 is 1.13 bits per heavy atom. The fraction of sp³-hybridized carbons (Fsp3) is 0.296. The van der Waals surface area contributed by atoms with Gasteiger partial charge < -0.3 is 19.4 Å². The Labute approximate surface area is 221 Å². The van der Waals surface area contributed by atoms with Gasteiger partial charge in [0.15, 0.2) is 0 Å². The number of carbonyl (C=O) groups excluding carboxylic acids is 2. The lowest BCUT2D eigenvalue weighted by molar-refractivity contribution is 0.0713. The van der Waals surface area contributed by atoms with Crippen molar-refractivity contribution in [2.24, 2.45) is 0 Å². The summed E-state index contributed by atoms with van der Waals surface area (Å²) >= 11 is 1.42. The number of thiazole rings is 1. The summed E-state index contributed by atoms with van der Waals surface area (Å²) in [7, 11) is 0. The van der Waals surface area contributed by atoms with Crippen LogP contribution in [0.3, 0.4) is 0 Å². The third-order valence-electron chi connectivity index (χ3n) is 6.28. The van der Waals surface area contributed by atoms with Crippen molar-refractivity contribution in [3.05, 3.63) is 85.1 Å². The van der Waals surface area contributed by atoms with E-state index in [0.717, 1.165) is 23.6 Å². The molecule has 0 radical (unpaired) electrons. The largest absolute Gasteiger partial charge is 0.491 e. The van der Waals surface area contributed by atoms with Crippen LogP contribution < -0.4 is 21.4 Å². The molecule has 1 aliphatic heterocycles. The van der Waals surface area contributed by atoms with E-state index in [-0.39, 0.29) is 29.0 Å². The number of aromatic nitrogens is 2. The number of piperidine rings is 1. The number of benzene rings is 2. The van der Waals surface area contributed by atoms with Crippen LogP contribution in [0.4, 0.5) is 5.69 Å². The zero-order valence-electron chi connectivity index (χ0n) is 20.9. The number of amides is 2. The molecule has 0 atom stereocenters. The zero-order chi connectivity index (χ0) is 26.8. The molecule has 0 saturated carbocycles. The Kier molecular flexibility index (Phi) is 7.10. The van der Waals surface area contributed by atoms with E-state index in [0.29, 0.717) is 29.9 Å². The Bertz CT molecular complexity index is 1600. The molecule has 2 aromatic heterocycles. The fourth-order valence-electron chi connectivity index (χ4n) is 4.41. The Morgan fingerprint density at radius 3 is 2.58 bits per heavy atom. The van der Waals surface area contributed by atoms with Crippen molar-refractivity contribution in [1.29, 1.82) is 0 Å². The van der Waals surface area contributed by atoms with Gasteiger partial charge in [-0.2, -0.15) is 0 Å². The van der Waals surface area contributed by atoms with E-state index < -0.39 is 17.3 Å². The molecule has 196 valence electrons. The zero-order valence-corrected chi connectivity index (χ0v) is 21.7. The molecule has 1 saturated heterocycles. The first kappa shape index (κ1) is 25.4. The predicted octanol–water partition coefficient (Wildman–Crippen LogP) is 4.00. The van der Waals surface area contributed by atoms with Crippen molar-refractivity contribution < 1.29 is 18.7 Å². The van der Waals surface area contributed by atoms with Crippen LogP contribution in [0.5, 0.6) is 5.75 Å². The Morgan fingerprint density at radius 2 is 1.87 bits per heavy atom. The molecule has 2 amide bonds. The highest BCUT2D eigenvalue weighted by molar-refractivity contribution is 7.10. The third kappa shape index (κ3) is 5.52. The molecule has 0 aliphatic carbocycles. The molecule has 0 spiro atoms. The van der Waals surface area contributed by atoms with Gasteiger partial charge in [-0.1, -0.05) is 0 Å². The molecule has 0 bridgehead atoms. The maximum atomic E-state index is 12.9.